The Kier molecular flexibility index (Phi) is 22.6. The number of benzene rings is 9. The zero-order chi connectivity index (χ0) is 72.3. The molecule has 0 aliphatic rings. The average molecular weight is 1780 g/mol. The molecule has 0 spiro atoms. The van der Waals surface area contributed by atoms with Gasteiger partial charge in [-0.25, -0.2) is 65.5 Å². The molecular formula is C72H42Eu2N6O18S6. The van der Waals surface area contributed by atoms with E-state index in [1.807, 2.05) is 91.0 Å². The standard InChI is InChI=1S/3C24H16N2O6S2.2Eu/c3*27-33(28,29)23-20(16-9-5-2-6-10-16)19-12-11-18-17(15-7-3-1-4-8-15)13-14-25-21(18)22(19)26-24(23)34(30,31)32;;/h3*1-14H,(H,27,28,29)(H,30,31,32);;/q;;;2*+3/p-6. The van der Waals surface area contributed by atoms with Crippen molar-refractivity contribution in [2.45, 2.75) is 29.8 Å². The predicted molar refractivity (Wildman–Crippen MR) is 372 cm³/mol. The average Bonchev–Trinajstić information content (AvgIpc) is 0.736. The molecule has 0 radical (unpaired) electrons. The summed E-state index contributed by atoms with van der Waals surface area (Å²) < 4.78 is 219. The summed E-state index contributed by atoms with van der Waals surface area (Å²) in [5.74, 6) is 0. The molecule has 0 amide bonds. The van der Waals surface area contributed by atoms with Crippen molar-refractivity contribution in [1.82, 2.24) is 29.9 Å². The van der Waals surface area contributed by atoms with Crippen molar-refractivity contribution in [3.8, 4) is 66.8 Å². The second-order valence-electron chi connectivity index (χ2n) is 22.4. The van der Waals surface area contributed by atoms with Crippen molar-refractivity contribution in [3.05, 3.63) is 255 Å². The molecule has 6 aromatic heterocycles. The Morgan fingerprint density at radius 2 is 0.404 bits per heavy atom. The first-order chi connectivity index (χ1) is 48.5. The third kappa shape index (κ3) is 15.5. The summed E-state index contributed by atoms with van der Waals surface area (Å²) in [4.78, 5) is 21.3. The normalized spacial score (nSPS) is 12.1. The van der Waals surface area contributed by atoms with Gasteiger partial charge in [0, 0.05) is 67.6 Å². The topological polar surface area (TPSA) is 421 Å². The molecule has 0 fully saturated rings. The first-order valence-corrected chi connectivity index (χ1v) is 38.3. The minimum atomic E-state index is -5.44. The summed E-state index contributed by atoms with van der Waals surface area (Å²) in [5, 5.41) is -1.65. The second-order valence-corrected chi connectivity index (χ2v) is 30.3. The van der Waals surface area contributed by atoms with Crippen LogP contribution in [0.1, 0.15) is 0 Å². The van der Waals surface area contributed by atoms with Crippen LogP contribution in [0.4, 0.5) is 0 Å². The molecule has 0 saturated carbocycles. The molecule has 24 nitrogen and oxygen atoms in total. The minimum Gasteiger partial charge on any atom is -0.744 e. The van der Waals surface area contributed by atoms with Crippen LogP contribution in [-0.2, 0) is 60.7 Å². The molecule has 0 saturated heterocycles. The maximum atomic E-state index is 12.2. The van der Waals surface area contributed by atoms with Crippen molar-refractivity contribution >= 4 is 126 Å². The van der Waals surface area contributed by atoms with Crippen molar-refractivity contribution in [2.24, 2.45) is 0 Å². The fourth-order valence-electron chi connectivity index (χ4n) is 12.2. The fourth-order valence-corrected chi connectivity index (χ4v) is 17.8. The Morgan fingerprint density at radius 1 is 0.212 bits per heavy atom. The number of rotatable bonds is 12. The Bertz CT molecular complexity index is 6020. The fraction of sp³-hybridized carbons (Fsp3) is 0. The van der Waals surface area contributed by atoms with Gasteiger partial charge < -0.3 is 27.3 Å². The monoisotopic (exact) mass is 1780 g/mol. The maximum absolute atomic E-state index is 12.2. The van der Waals surface area contributed by atoms with Crippen LogP contribution >= 0.6 is 0 Å². The van der Waals surface area contributed by atoms with Crippen LogP contribution in [0.25, 0.3) is 132 Å². The molecule has 32 heteroatoms. The van der Waals surface area contributed by atoms with E-state index in [2.05, 4.69) is 29.9 Å². The third-order valence-corrected chi connectivity index (χ3v) is 21.7. The van der Waals surface area contributed by atoms with E-state index in [1.165, 1.54) is 55.0 Å². The van der Waals surface area contributed by atoms with E-state index in [-0.39, 0.29) is 181 Å². The van der Waals surface area contributed by atoms with Crippen molar-refractivity contribution in [1.29, 1.82) is 0 Å². The maximum Gasteiger partial charge on any atom is 3.00 e. The number of aromatic nitrogens is 6. The molecule has 15 aromatic rings. The SMILES string of the molecule is O=S(=O)([O-])c1nc2c(ccc3c(-c4ccccc4)ccnc32)c(-c2ccccc2)c1S(=O)(=O)[O-].O=S(=O)([O-])c1nc2c(ccc3c(-c4ccccc4)ccnc32)c(-c2ccccc2)c1S(=O)(=O)[O-].O=S(=O)([O-])c1nc2c(ccc3c(-c4ccccc4)ccnc32)c(-c2ccccc2)c1S(=O)(=O)[O-].[Eu+3].[Eu+3]. The number of hydrogen-bond donors (Lipinski definition) is 0. The number of fused-ring (bicyclic) bond motifs is 9. The van der Waals surface area contributed by atoms with Crippen LogP contribution in [0.15, 0.2) is 285 Å². The van der Waals surface area contributed by atoms with Crippen LogP contribution < -0.4 is 0 Å². The van der Waals surface area contributed by atoms with Gasteiger partial charge >= 0.3 is 98.8 Å². The zero-order valence-corrected chi connectivity index (χ0v) is 62.2. The molecule has 0 aliphatic heterocycles. The van der Waals surface area contributed by atoms with E-state index in [0.717, 1.165) is 33.4 Å². The van der Waals surface area contributed by atoms with E-state index in [1.54, 1.807) is 109 Å². The van der Waals surface area contributed by atoms with Crippen LogP contribution in [0, 0.1) is 98.8 Å². The molecule has 518 valence electrons. The van der Waals surface area contributed by atoms with Gasteiger partial charge in [-0.1, -0.05) is 218 Å². The molecular weight excluding hydrogens is 1730 g/mol. The Hall–Kier alpha value is -7.93. The molecule has 0 atom stereocenters. The molecule has 0 aliphatic carbocycles. The Labute approximate surface area is 675 Å². The summed E-state index contributed by atoms with van der Waals surface area (Å²) in [5.41, 5.74) is 5.83. The van der Waals surface area contributed by atoms with Crippen LogP contribution in [-0.4, -0.2) is 108 Å². The molecule has 0 N–H and O–H groups in total. The van der Waals surface area contributed by atoms with Gasteiger partial charge in [0.15, 0.2) is 15.1 Å². The summed E-state index contributed by atoms with van der Waals surface area (Å²) >= 11 is 0. The largest absolute Gasteiger partial charge is 3.00 e. The first kappa shape index (κ1) is 77.2. The third-order valence-electron chi connectivity index (χ3n) is 16.3. The van der Waals surface area contributed by atoms with E-state index in [4.69, 9.17) is 0 Å². The van der Waals surface area contributed by atoms with Crippen LogP contribution in [0.5, 0.6) is 0 Å². The van der Waals surface area contributed by atoms with Gasteiger partial charge in [-0.3, -0.25) is 15.0 Å². The minimum absolute atomic E-state index is 0. The molecule has 6 heterocycles. The van der Waals surface area contributed by atoms with Gasteiger partial charge in [-0.2, -0.15) is 0 Å². The molecule has 0 bridgehead atoms. The predicted octanol–water partition coefficient (Wildman–Crippen LogP) is 11.8. The molecule has 15 rings (SSSR count). The van der Waals surface area contributed by atoms with E-state index < -0.39 is 90.5 Å². The molecule has 104 heavy (non-hydrogen) atoms. The van der Waals surface area contributed by atoms with E-state index in [9.17, 15) is 77.8 Å². The summed E-state index contributed by atoms with van der Waals surface area (Å²) in [7, 11) is -32.5. The number of nitrogens with zero attached hydrogens (tertiary/aromatic N) is 6. The molecule has 9 aromatic carbocycles. The second kappa shape index (κ2) is 30.5. The van der Waals surface area contributed by atoms with Gasteiger partial charge in [-0.15, -0.1) is 0 Å². The van der Waals surface area contributed by atoms with Crippen molar-refractivity contribution < 1.29 is 177 Å². The van der Waals surface area contributed by atoms with Crippen LogP contribution in [0.2, 0.25) is 0 Å². The summed E-state index contributed by atoms with van der Waals surface area (Å²) in [6, 6.07) is 66.9. The van der Waals surface area contributed by atoms with Crippen LogP contribution in [0.3, 0.4) is 0 Å². The summed E-state index contributed by atoms with van der Waals surface area (Å²) in [6.07, 6.45) is 4.53. The number of hydrogen-bond acceptors (Lipinski definition) is 24. The Morgan fingerprint density at radius 3 is 0.596 bits per heavy atom. The van der Waals surface area contributed by atoms with Crippen molar-refractivity contribution in [2.75, 3.05) is 0 Å². The zero-order valence-electron chi connectivity index (χ0n) is 52.5. The smallest absolute Gasteiger partial charge is 0.744 e. The molecule has 0 unspecified atom stereocenters. The van der Waals surface area contributed by atoms with E-state index in [0.29, 0.717) is 16.2 Å². The summed E-state index contributed by atoms with van der Waals surface area (Å²) in [6.45, 7) is 0. The first-order valence-electron chi connectivity index (χ1n) is 29.8. The quantitative estimate of drug-likeness (QED) is 0.0809. The van der Waals surface area contributed by atoms with Gasteiger partial charge in [0.2, 0.25) is 0 Å². The van der Waals surface area contributed by atoms with Gasteiger partial charge in [-0.05, 0) is 68.3 Å². The Balaban J connectivity index is 0.000000155. The number of pyridine rings is 6. The van der Waals surface area contributed by atoms with E-state index >= 15 is 0 Å². The van der Waals surface area contributed by atoms with Gasteiger partial charge in [0.1, 0.15) is 60.7 Å². The van der Waals surface area contributed by atoms with Gasteiger partial charge in [0.25, 0.3) is 0 Å². The van der Waals surface area contributed by atoms with Gasteiger partial charge in [0.05, 0.1) is 47.8 Å². The van der Waals surface area contributed by atoms with Crippen molar-refractivity contribution in [3.63, 3.8) is 0 Å².